The second-order valence-electron chi connectivity index (χ2n) is 6.08. The molecule has 8 heteroatoms. The van der Waals surface area contributed by atoms with Crippen LogP contribution in [-0.4, -0.2) is 36.5 Å². The molecular weight excluding hydrogens is 473 g/mol. The molecule has 0 aliphatic heterocycles. The number of nitrogens with zero attached hydrogens (tertiary/aromatic N) is 2. The summed E-state index contributed by atoms with van der Waals surface area (Å²) in [5.74, 6) is 1.61. The molecule has 0 aliphatic rings. The summed E-state index contributed by atoms with van der Waals surface area (Å²) in [4.78, 5) is 22.1. The maximum Gasteiger partial charge on any atom is 0.227 e. The summed E-state index contributed by atoms with van der Waals surface area (Å²) < 4.78 is 0. The van der Waals surface area contributed by atoms with Crippen molar-refractivity contribution in [3.05, 3.63) is 46.3 Å². The number of amides is 1. The van der Waals surface area contributed by atoms with E-state index in [-0.39, 0.29) is 29.9 Å². The number of anilines is 1. The molecule has 3 N–H and O–H groups in total. The van der Waals surface area contributed by atoms with E-state index < -0.39 is 0 Å². The number of aliphatic imine (C=N–C) groups is 1. The van der Waals surface area contributed by atoms with Crippen molar-refractivity contribution in [3.8, 4) is 0 Å². The normalized spacial score (nSPS) is 12.0. The van der Waals surface area contributed by atoms with Gasteiger partial charge in [-0.25, -0.2) is 4.98 Å². The number of hydrogen-bond acceptors (Lipinski definition) is 4. The lowest BCUT2D eigenvalue weighted by molar-refractivity contribution is -0.116. The smallest absolute Gasteiger partial charge is 0.227 e. The van der Waals surface area contributed by atoms with Crippen molar-refractivity contribution in [3.63, 3.8) is 0 Å². The largest absolute Gasteiger partial charge is 0.357 e. The topological polar surface area (TPSA) is 78.4 Å². The number of thiophene rings is 1. The van der Waals surface area contributed by atoms with Crippen molar-refractivity contribution in [2.24, 2.45) is 4.99 Å². The van der Waals surface area contributed by atoms with Gasteiger partial charge >= 0.3 is 0 Å². The Morgan fingerprint density at radius 2 is 2.11 bits per heavy atom. The molecule has 0 fully saturated rings. The fourth-order valence-electron chi connectivity index (χ4n) is 2.27. The highest BCUT2D eigenvalue weighted by Gasteiger charge is 2.07. The van der Waals surface area contributed by atoms with Gasteiger partial charge in [0.05, 0.1) is 6.54 Å². The number of aromatic nitrogens is 1. The van der Waals surface area contributed by atoms with Crippen LogP contribution in [0.3, 0.4) is 0 Å². The molecular formula is C19H28IN5OS. The Bertz CT molecular complexity index is 703. The van der Waals surface area contributed by atoms with Crippen molar-refractivity contribution in [2.75, 3.05) is 25.0 Å². The third kappa shape index (κ3) is 8.70. The van der Waals surface area contributed by atoms with E-state index in [1.165, 1.54) is 4.88 Å². The number of halogens is 1. The van der Waals surface area contributed by atoms with E-state index in [0.29, 0.717) is 31.2 Å². The lowest BCUT2D eigenvalue weighted by atomic mass is 10.1. The van der Waals surface area contributed by atoms with Gasteiger partial charge in [-0.3, -0.25) is 9.79 Å². The molecule has 0 radical (unpaired) electrons. The van der Waals surface area contributed by atoms with E-state index in [9.17, 15) is 4.79 Å². The van der Waals surface area contributed by atoms with E-state index in [1.54, 1.807) is 23.6 Å². The number of carbonyl (C=O) groups is 1. The SMILES string of the molecule is CCNC(=NCC(C)c1cccs1)NCCC(=O)Nc1ccc(C)cn1.I. The van der Waals surface area contributed by atoms with Gasteiger partial charge in [-0.2, -0.15) is 0 Å². The quantitative estimate of drug-likeness (QED) is 0.293. The Hall–Kier alpha value is -1.68. The number of carbonyl (C=O) groups excluding carboxylic acids is 1. The Kier molecular flexibility index (Phi) is 11.0. The van der Waals surface area contributed by atoms with Gasteiger partial charge in [-0.05, 0) is 36.9 Å². The summed E-state index contributed by atoms with van der Waals surface area (Å²) in [6, 6.07) is 7.92. The summed E-state index contributed by atoms with van der Waals surface area (Å²) in [6.45, 7) is 8.14. The van der Waals surface area contributed by atoms with E-state index in [1.807, 2.05) is 19.9 Å². The standard InChI is InChI=1S/C19H27N5OS.HI/c1-4-20-19(23-13-15(3)16-6-5-11-26-16)21-10-9-18(25)24-17-8-7-14(2)12-22-17;/h5-8,11-12,15H,4,9-10,13H2,1-3H3,(H2,20,21,23)(H,22,24,25);1H. The summed E-state index contributed by atoms with van der Waals surface area (Å²) >= 11 is 1.75. The van der Waals surface area contributed by atoms with Crippen LogP contribution in [0.25, 0.3) is 0 Å². The molecule has 2 heterocycles. The average molecular weight is 501 g/mol. The Morgan fingerprint density at radius 1 is 1.30 bits per heavy atom. The zero-order chi connectivity index (χ0) is 18.8. The third-order valence-electron chi connectivity index (χ3n) is 3.72. The van der Waals surface area contributed by atoms with Crippen molar-refractivity contribution in [1.29, 1.82) is 0 Å². The number of hydrogen-bond donors (Lipinski definition) is 3. The van der Waals surface area contributed by atoms with Crippen molar-refractivity contribution in [1.82, 2.24) is 15.6 Å². The minimum Gasteiger partial charge on any atom is -0.357 e. The van der Waals surface area contributed by atoms with Gasteiger partial charge in [-0.1, -0.05) is 19.1 Å². The van der Waals surface area contributed by atoms with Crippen LogP contribution in [0, 0.1) is 6.92 Å². The zero-order valence-electron chi connectivity index (χ0n) is 16.0. The lowest BCUT2D eigenvalue weighted by Gasteiger charge is -2.13. The van der Waals surface area contributed by atoms with Gasteiger partial charge < -0.3 is 16.0 Å². The highest BCUT2D eigenvalue weighted by Crippen LogP contribution is 2.20. The van der Waals surface area contributed by atoms with Gasteiger partial charge in [0.25, 0.3) is 0 Å². The Balaban J connectivity index is 0.00000364. The molecule has 2 aromatic rings. The average Bonchev–Trinajstić information content (AvgIpc) is 3.16. The first-order valence-corrected chi connectivity index (χ1v) is 9.74. The van der Waals surface area contributed by atoms with Crippen LogP contribution in [-0.2, 0) is 4.79 Å². The first-order chi connectivity index (χ1) is 12.6. The molecule has 0 aliphatic carbocycles. The highest BCUT2D eigenvalue weighted by molar-refractivity contribution is 14.0. The molecule has 1 atom stereocenters. The second kappa shape index (κ2) is 12.7. The zero-order valence-corrected chi connectivity index (χ0v) is 19.1. The summed E-state index contributed by atoms with van der Waals surface area (Å²) in [7, 11) is 0. The van der Waals surface area contributed by atoms with Crippen LogP contribution in [0.15, 0.2) is 40.8 Å². The van der Waals surface area contributed by atoms with E-state index in [4.69, 9.17) is 0 Å². The molecule has 0 spiro atoms. The molecule has 1 amide bonds. The van der Waals surface area contributed by atoms with Crippen LogP contribution in [0.1, 0.15) is 36.6 Å². The number of nitrogens with one attached hydrogen (secondary N) is 3. The maximum atomic E-state index is 12.0. The van der Waals surface area contributed by atoms with Crippen LogP contribution >= 0.6 is 35.3 Å². The third-order valence-corrected chi connectivity index (χ3v) is 4.82. The highest BCUT2D eigenvalue weighted by atomic mass is 127. The first-order valence-electron chi connectivity index (χ1n) is 8.86. The lowest BCUT2D eigenvalue weighted by Crippen LogP contribution is -2.39. The molecule has 0 bridgehead atoms. The maximum absolute atomic E-state index is 12.0. The summed E-state index contributed by atoms with van der Waals surface area (Å²) in [5, 5.41) is 11.3. The van der Waals surface area contributed by atoms with Crippen LogP contribution in [0.5, 0.6) is 0 Å². The molecule has 0 aromatic carbocycles. The molecule has 2 rings (SSSR count). The Labute approximate surface area is 182 Å². The predicted octanol–water partition coefficient (Wildman–Crippen LogP) is 3.76. The predicted molar refractivity (Wildman–Crippen MR) is 124 cm³/mol. The van der Waals surface area contributed by atoms with E-state index >= 15 is 0 Å². The second-order valence-corrected chi connectivity index (χ2v) is 7.06. The number of rotatable bonds is 8. The van der Waals surface area contributed by atoms with Crippen molar-refractivity contribution < 1.29 is 4.79 Å². The van der Waals surface area contributed by atoms with Crippen LogP contribution < -0.4 is 16.0 Å². The molecule has 148 valence electrons. The number of pyridine rings is 1. The van der Waals surface area contributed by atoms with Crippen molar-refractivity contribution in [2.45, 2.75) is 33.1 Å². The van der Waals surface area contributed by atoms with Gasteiger partial charge in [0, 0.05) is 36.5 Å². The minimum atomic E-state index is -0.0725. The van der Waals surface area contributed by atoms with E-state index in [0.717, 1.165) is 18.1 Å². The van der Waals surface area contributed by atoms with Crippen LogP contribution in [0.4, 0.5) is 5.82 Å². The molecule has 0 saturated heterocycles. The van der Waals surface area contributed by atoms with Gasteiger partial charge in [0.15, 0.2) is 5.96 Å². The molecule has 1 unspecified atom stereocenters. The van der Waals surface area contributed by atoms with E-state index in [2.05, 4.69) is 50.4 Å². The fourth-order valence-corrected chi connectivity index (χ4v) is 3.05. The summed E-state index contributed by atoms with van der Waals surface area (Å²) in [5.41, 5.74) is 1.06. The fraction of sp³-hybridized carbons (Fsp3) is 0.421. The monoisotopic (exact) mass is 501 g/mol. The molecule has 0 saturated carbocycles. The number of guanidine groups is 1. The Morgan fingerprint density at radius 3 is 2.74 bits per heavy atom. The van der Waals surface area contributed by atoms with Gasteiger partial charge in [0.1, 0.15) is 5.82 Å². The molecule has 27 heavy (non-hydrogen) atoms. The molecule has 6 nitrogen and oxygen atoms in total. The summed E-state index contributed by atoms with van der Waals surface area (Å²) in [6.07, 6.45) is 2.08. The van der Waals surface area contributed by atoms with Gasteiger partial charge in [-0.15, -0.1) is 35.3 Å². The van der Waals surface area contributed by atoms with Crippen molar-refractivity contribution >= 4 is 53.0 Å². The number of aryl methyl sites for hydroxylation is 1. The van der Waals surface area contributed by atoms with Crippen LogP contribution in [0.2, 0.25) is 0 Å². The molecule has 2 aromatic heterocycles. The minimum absolute atomic E-state index is 0. The first kappa shape index (κ1) is 23.4. The van der Waals surface area contributed by atoms with Gasteiger partial charge in [0.2, 0.25) is 5.91 Å².